The van der Waals surface area contributed by atoms with Gasteiger partial charge in [0.05, 0.1) is 6.61 Å². The van der Waals surface area contributed by atoms with Crippen molar-refractivity contribution in [2.75, 3.05) is 6.61 Å². The number of benzene rings is 1. The minimum Gasteiger partial charge on any atom is -0.493 e. The first-order chi connectivity index (χ1) is 7.81. The topological polar surface area (TPSA) is 38.3 Å². The van der Waals surface area contributed by atoms with Crippen molar-refractivity contribution >= 4 is 5.91 Å². The Labute approximate surface area is 94.8 Å². The fourth-order valence-corrected chi connectivity index (χ4v) is 2.48. The lowest BCUT2D eigenvalue weighted by Crippen LogP contribution is -2.27. The highest BCUT2D eigenvalue weighted by Gasteiger charge is 2.21. The summed E-state index contributed by atoms with van der Waals surface area (Å²) in [6, 6.07) is 6.70. The maximum Gasteiger partial charge on any atom is 0.220 e. The van der Waals surface area contributed by atoms with Crippen LogP contribution in [-0.2, 0) is 17.6 Å². The number of ether oxygens (including phenoxy) is 1. The van der Waals surface area contributed by atoms with Gasteiger partial charge in [0.2, 0.25) is 5.91 Å². The van der Waals surface area contributed by atoms with Gasteiger partial charge in [0, 0.05) is 18.9 Å². The number of amides is 1. The van der Waals surface area contributed by atoms with E-state index in [1.807, 2.05) is 0 Å². The van der Waals surface area contributed by atoms with E-state index in [1.165, 1.54) is 11.1 Å². The number of fused-ring (bicyclic) bond motifs is 1. The molecule has 3 rings (SSSR count). The Morgan fingerprint density at radius 3 is 3.12 bits per heavy atom. The zero-order valence-electron chi connectivity index (χ0n) is 9.16. The van der Waals surface area contributed by atoms with Crippen LogP contribution in [-0.4, -0.2) is 18.6 Å². The van der Waals surface area contributed by atoms with E-state index in [4.69, 9.17) is 4.74 Å². The smallest absolute Gasteiger partial charge is 0.220 e. The number of rotatable bonds is 2. The summed E-state index contributed by atoms with van der Waals surface area (Å²) < 4.78 is 5.47. The maximum atomic E-state index is 11.1. The molecule has 1 amide bonds. The third kappa shape index (κ3) is 1.77. The lowest BCUT2D eigenvalue weighted by atomic mass is 10.0. The van der Waals surface area contributed by atoms with Gasteiger partial charge >= 0.3 is 0 Å². The summed E-state index contributed by atoms with van der Waals surface area (Å²) in [5.41, 5.74) is 2.61. The van der Waals surface area contributed by atoms with E-state index in [9.17, 15) is 4.79 Å². The number of carbonyl (C=O) groups excluding carboxylic acids is 1. The number of hydrogen-bond acceptors (Lipinski definition) is 2. The molecule has 3 heteroatoms. The summed E-state index contributed by atoms with van der Waals surface area (Å²) in [5, 5.41) is 3.00. The van der Waals surface area contributed by atoms with Gasteiger partial charge in [0.15, 0.2) is 0 Å². The summed E-state index contributed by atoms with van der Waals surface area (Å²) in [7, 11) is 0. The van der Waals surface area contributed by atoms with Crippen LogP contribution in [0.2, 0.25) is 0 Å². The van der Waals surface area contributed by atoms with Crippen molar-refractivity contribution in [2.45, 2.75) is 31.7 Å². The van der Waals surface area contributed by atoms with Crippen molar-refractivity contribution in [3.8, 4) is 5.75 Å². The van der Waals surface area contributed by atoms with Gasteiger partial charge in [-0.05, 0) is 30.0 Å². The van der Waals surface area contributed by atoms with Gasteiger partial charge in [0.1, 0.15) is 5.75 Å². The number of nitrogens with one attached hydrogen (secondary N) is 1. The average Bonchev–Trinajstić information content (AvgIpc) is 2.87. The zero-order chi connectivity index (χ0) is 11.0. The highest BCUT2D eigenvalue weighted by molar-refractivity contribution is 5.78. The zero-order valence-corrected chi connectivity index (χ0v) is 9.16. The SMILES string of the molecule is O=C1CCC(Cc2ccc3c(c2)CCO3)N1. The monoisotopic (exact) mass is 217 g/mol. The van der Waals surface area contributed by atoms with Gasteiger partial charge in [0.25, 0.3) is 0 Å². The third-order valence-electron chi connectivity index (χ3n) is 3.32. The van der Waals surface area contributed by atoms with E-state index in [0.717, 1.165) is 31.6 Å². The normalized spacial score (nSPS) is 22.8. The first-order valence-electron chi connectivity index (χ1n) is 5.85. The molecular weight excluding hydrogens is 202 g/mol. The molecule has 84 valence electrons. The van der Waals surface area contributed by atoms with Crippen LogP contribution in [0.25, 0.3) is 0 Å². The largest absolute Gasteiger partial charge is 0.493 e. The first-order valence-corrected chi connectivity index (χ1v) is 5.85. The van der Waals surface area contributed by atoms with E-state index < -0.39 is 0 Å². The van der Waals surface area contributed by atoms with Gasteiger partial charge in [-0.2, -0.15) is 0 Å². The van der Waals surface area contributed by atoms with E-state index in [1.54, 1.807) is 0 Å². The predicted octanol–water partition coefficient (Wildman–Crippen LogP) is 1.44. The van der Waals surface area contributed by atoms with Gasteiger partial charge in [-0.3, -0.25) is 4.79 Å². The second-order valence-corrected chi connectivity index (χ2v) is 4.55. The minimum atomic E-state index is 0.189. The average molecular weight is 217 g/mol. The Morgan fingerprint density at radius 2 is 2.31 bits per heavy atom. The Kier molecular flexibility index (Phi) is 2.31. The molecule has 1 fully saturated rings. The number of hydrogen-bond donors (Lipinski definition) is 1. The molecule has 0 aliphatic carbocycles. The van der Waals surface area contributed by atoms with Gasteiger partial charge < -0.3 is 10.1 Å². The molecule has 2 heterocycles. The van der Waals surface area contributed by atoms with Gasteiger partial charge in [-0.15, -0.1) is 0 Å². The second-order valence-electron chi connectivity index (χ2n) is 4.55. The van der Waals surface area contributed by atoms with Crippen LogP contribution >= 0.6 is 0 Å². The highest BCUT2D eigenvalue weighted by Crippen LogP contribution is 2.26. The molecular formula is C13H15NO2. The van der Waals surface area contributed by atoms with Crippen LogP contribution in [0.4, 0.5) is 0 Å². The summed E-state index contributed by atoms with van der Waals surface area (Å²) in [4.78, 5) is 11.1. The molecule has 0 bridgehead atoms. The summed E-state index contributed by atoms with van der Waals surface area (Å²) in [6.07, 6.45) is 3.60. The number of carbonyl (C=O) groups is 1. The standard InChI is InChI=1S/C13H15NO2/c15-13-4-2-11(14-13)8-9-1-3-12-10(7-9)5-6-16-12/h1,3,7,11H,2,4-6,8H2,(H,14,15). The van der Waals surface area contributed by atoms with Crippen molar-refractivity contribution in [1.29, 1.82) is 0 Å². The molecule has 2 aliphatic rings. The van der Waals surface area contributed by atoms with Crippen molar-refractivity contribution < 1.29 is 9.53 Å². The molecule has 0 radical (unpaired) electrons. The Morgan fingerprint density at radius 1 is 1.38 bits per heavy atom. The van der Waals surface area contributed by atoms with E-state index in [0.29, 0.717) is 12.5 Å². The van der Waals surface area contributed by atoms with Crippen molar-refractivity contribution in [2.24, 2.45) is 0 Å². The predicted molar refractivity (Wildman–Crippen MR) is 60.5 cm³/mol. The molecule has 3 nitrogen and oxygen atoms in total. The molecule has 1 atom stereocenters. The lowest BCUT2D eigenvalue weighted by molar-refractivity contribution is -0.119. The Hall–Kier alpha value is -1.51. The van der Waals surface area contributed by atoms with Crippen molar-refractivity contribution in [3.05, 3.63) is 29.3 Å². The van der Waals surface area contributed by atoms with Crippen LogP contribution in [0.5, 0.6) is 5.75 Å². The summed E-state index contributed by atoms with van der Waals surface area (Å²) in [6.45, 7) is 0.805. The molecule has 2 aliphatic heterocycles. The van der Waals surface area contributed by atoms with Crippen molar-refractivity contribution in [1.82, 2.24) is 5.32 Å². The van der Waals surface area contributed by atoms with Crippen LogP contribution < -0.4 is 10.1 Å². The third-order valence-corrected chi connectivity index (χ3v) is 3.32. The molecule has 1 N–H and O–H groups in total. The van der Waals surface area contributed by atoms with Crippen molar-refractivity contribution in [3.63, 3.8) is 0 Å². The fraction of sp³-hybridized carbons (Fsp3) is 0.462. The molecule has 1 aromatic carbocycles. The molecule has 0 saturated carbocycles. The molecule has 1 unspecified atom stereocenters. The molecule has 0 aromatic heterocycles. The van der Waals surface area contributed by atoms with Gasteiger partial charge in [-0.25, -0.2) is 0 Å². The fourth-order valence-electron chi connectivity index (χ4n) is 2.48. The molecule has 0 spiro atoms. The summed E-state index contributed by atoms with van der Waals surface area (Å²) >= 11 is 0. The molecule has 1 aromatic rings. The minimum absolute atomic E-state index is 0.189. The van der Waals surface area contributed by atoms with Crippen LogP contribution in [0.15, 0.2) is 18.2 Å². The molecule has 16 heavy (non-hydrogen) atoms. The Bertz CT molecular complexity index is 428. The maximum absolute atomic E-state index is 11.1. The molecule has 1 saturated heterocycles. The van der Waals surface area contributed by atoms with E-state index in [-0.39, 0.29) is 5.91 Å². The second kappa shape index (κ2) is 3.81. The highest BCUT2D eigenvalue weighted by atomic mass is 16.5. The summed E-state index contributed by atoms with van der Waals surface area (Å²) in [5.74, 6) is 1.22. The van der Waals surface area contributed by atoms with Crippen LogP contribution in [0, 0.1) is 0 Å². The quantitative estimate of drug-likeness (QED) is 0.814. The lowest BCUT2D eigenvalue weighted by Gasteiger charge is -2.10. The van der Waals surface area contributed by atoms with Crippen LogP contribution in [0.3, 0.4) is 0 Å². The van der Waals surface area contributed by atoms with E-state index in [2.05, 4.69) is 23.5 Å². The Balaban J connectivity index is 1.73. The van der Waals surface area contributed by atoms with Crippen LogP contribution in [0.1, 0.15) is 24.0 Å². The van der Waals surface area contributed by atoms with Gasteiger partial charge in [-0.1, -0.05) is 12.1 Å². The first kappa shape index (κ1) is 9.70. The van der Waals surface area contributed by atoms with E-state index >= 15 is 0 Å².